The molecule has 1 saturated heterocycles. The Kier molecular flexibility index (Phi) is 15.0. The van der Waals surface area contributed by atoms with Crippen LogP contribution in [0.2, 0.25) is 5.02 Å². The average molecular weight is 530 g/mol. The Hall–Kier alpha value is -1.87. The fourth-order valence-electron chi connectivity index (χ4n) is 5.11. The summed E-state index contributed by atoms with van der Waals surface area (Å²) in [4.78, 5) is 7.32. The molecule has 4 atom stereocenters. The molecule has 0 aliphatic carbocycles. The molecule has 4 heteroatoms. The summed E-state index contributed by atoms with van der Waals surface area (Å²) in [7, 11) is 0. The first kappa shape index (κ1) is 32.2. The highest BCUT2D eigenvalue weighted by Gasteiger charge is 2.39. The molecular weight excluding hydrogens is 483 g/mol. The summed E-state index contributed by atoms with van der Waals surface area (Å²) in [6, 6.07) is 13.1. The number of pyridine rings is 1. The molecule has 0 saturated carbocycles. The number of aryl methyl sites for hydroxylation is 1. The largest absolute Gasteiger partial charge is 0.287 e. The van der Waals surface area contributed by atoms with Crippen molar-refractivity contribution in [3.8, 4) is 0 Å². The summed E-state index contributed by atoms with van der Waals surface area (Å²) in [6.07, 6.45) is 11.1. The summed E-state index contributed by atoms with van der Waals surface area (Å²) in [5.74, 6) is 0.366. The third kappa shape index (κ3) is 8.07. The van der Waals surface area contributed by atoms with Crippen molar-refractivity contribution in [2.75, 3.05) is 0 Å². The first-order chi connectivity index (χ1) is 17.4. The number of nitrogens with zero attached hydrogens (tertiary/aromatic N) is 2. The Morgan fingerprint density at radius 1 is 1.14 bits per heavy atom. The van der Waals surface area contributed by atoms with Crippen molar-refractivity contribution >= 4 is 23.2 Å². The van der Waals surface area contributed by atoms with E-state index in [1.165, 1.54) is 11.3 Å². The van der Waals surface area contributed by atoms with Gasteiger partial charge in [-0.3, -0.25) is 9.88 Å². The number of benzene rings is 1. The van der Waals surface area contributed by atoms with Gasteiger partial charge in [-0.1, -0.05) is 107 Å². The van der Waals surface area contributed by atoms with Crippen LogP contribution in [-0.2, 0) is 0 Å². The number of aromatic nitrogens is 1. The molecule has 0 N–H and O–H groups in total. The van der Waals surface area contributed by atoms with E-state index in [0.717, 1.165) is 35.4 Å². The summed E-state index contributed by atoms with van der Waals surface area (Å²) in [5.41, 5.74) is 4.57. The first-order valence-corrected chi connectivity index (χ1v) is 14.2. The van der Waals surface area contributed by atoms with Crippen LogP contribution in [0.5, 0.6) is 0 Å². The molecule has 0 amide bonds. The van der Waals surface area contributed by atoms with Gasteiger partial charge in [-0.2, -0.15) is 0 Å². The van der Waals surface area contributed by atoms with E-state index in [-0.39, 0.29) is 6.04 Å². The van der Waals surface area contributed by atoms with E-state index < -0.39 is 0 Å². The molecule has 198 valence electrons. The van der Waals surface area contributed by atoms with Gasteiger partial charge in [0.15, 0.2) is 0 Å². The van der Waals surface area contributed by atoms with Crippen LogP contribution in [0.25, 0.3) is 0 Å². The molecule has 1 aromatic carbocycles. The molecule has 0 radical (unpaired) electrons. The normalized spacial score (nSPS) is 19.9. The maximum absolute atomic E-state index is 6.76. The second-order valence-corrected chi connectivity index (χ2v) is 9.62. The smallest absolute Gasteiger partial charge is 0.0635 e. The zero-order valence-corrected chi connectivity index (χ0v) is 25.1. The maximum atomic E-state index is 6.76. The Morgan fingerprint density at radius 2 is 1.81 bits per heavy atom. The van der Waals surface area contributed by atoms with Gasteiger partial charge in [-0.15, -0.1) is 0 Å². The SMILES string of the molecule is C=C/C(Cl)=C(\C=C/C)C(c1ccccc1Cl)N1C(C)CCC1CC(C)c1ncccc1C.CC.CC. The minimum atomic E-state index is -0.0371. The number of halogens is 2. The van der Waals surface area contributed by atoms with Crippen LogP contribution in [0.3, 0.4) is 0 Å². The van der Waals surface area contributed by atoms with Gasteiger partial charge in [0.25, 0.3) is 0 Å². The Bertz CT molecular complexity index is 995. The van der Waals surface area contributed by atoms with Gasteiger partial charge in [0.1, 0.15) is 0 Å². The van der Waals surface area contributed by atoms with Crippen molar-refractivity contribution in [3.05, 3.63) is 99.9 Å². The van der Waals surface area contributed by atoms with Crippen LogP contribution in [0.1, 0.15) is 96.5 Å². The topological polar surface area (TPSA) is 16.1 Å². The molecular formula is C32H46Cl2N2. The van der Waals surface area contributed by atoms with Crippen LogP contribution in [0.15, 0.2) is 78.0 Å². The molecule has 2 aromatic rings. The predicted octanol–water partition coefficient (Wildman–Crippen LogP) is 10.4. The van der Waals surface area contributed by atoms with E-state index in [1.54, 1.807) is 6.08 Å². The van der Waals surface area contributed by atoms with Crippen molar-refractivity contribution in [1.82, 2.24) is 9.88 Å². The van der Waals surface area contributed by atoms with E-state index in [2.05, 4.69) is 56.5 Å². The van der Waals surface area contributed by atoms with Crippen molar-refractivity contribution in [2.45, 2.75) is 98.7 Å². The predicted molar refractivity (Wildman–Crippen MR) is 161 cm³/mol. The summed E-state index contributed by atoms with van der Waals surface area (Å²) in [5, 5.41) is 1.43. The van der Waals surface area contributed by atoms with Crippen molar-refractivity contribution in [2.24, 2.45) is 0 Å². The second kappa shape index (κ2) is 16.8. The molecule has 2 nitrogen and oxygen atoms in total. The van der Waals surface area contributed by atoms with E-state index in [0.29, 0.717) is 23.0 Å². The van der Waals surface area contributed by atoms with Crippen LogP contribution >= 0.6 is 23.2 Å². The van der Waals surface area contributed by atoms with Crippen LogP contribution < -0.4 is 0 Å². The van der Waals surface area contributed by atoms with Gasteiger partial charge in [-0.05, 0) is 68.9 Å². The molecule has 2 heterocycles. The van der Waals surface area contributed by atoms with Crippen LogP contribution in [0.4, 0.5) is 0 Å². The fourth-order valence-corrected chi connectivity index (χ4v) is 5.52. The van der Waals surface area contributed by atoms with E-state index in [4.69, 9.17) is 28.2 Å². The molecule has 1 aliphatic rings. The standard InChI is InChI=1S/C28H34Cl2N2.2C2H6/c1-6-11-23(25(29)7-2)28(24-13-8-9-14-26(24)30)32-21(5)15-16-22(32)18-20(4)27-19(3)12-10-17-31-27;2*1-2/h6-14,17,20-22,28H,2,15-16,18H2,1,3-5H3;2*1-2H3/b11-6-,25-23-;;. The average Bonchev–Trinajstić information content (AvgIpc) is 3.26. The first-order valence-electron chi connectivity index (χ1n) is 13.5. The van der Waals surface area contributed by atoms with Crippen molar-refractivity contribution in [3.63, 3.8) is 0 Å². The Morgan fingerprint density at radius 3 is 2.39 bits per heavy atom. The minimum absolute atomic E-state index is 0.0371. The quantitative estimate of drug-likeness (QED) is 0.316. The fraction of sp³-hybridized carbons (Fsp3) is 0.469. The zero-order valence-electron chi connectivity index (χ0n) is 23.6. The van der Waals surface area contributed by atoms with Gasteiger partial charge < -0.3 is 0 Å². The number of hydrogen-bond acceptors (Lipinski definition) is 2. The molecule has 1 fully saturated rings. The maximum Gasteiger partial charge on any atom is 0.0635 e. The molecule has 0 spiro atoms. The third-order valence-corrected chi connectivity index (χ3v) is 7.30. The molecule has 36 heavy (non-hydrogen) atoms. The van der Waals surface area contributed by atoms with Gasteiger partial charge in [0, 0.05) is 39.9 Å². The van der Waals surface area contributed by atoms with Gasteiger partial charge in [0.05, 0.1) is 6.04 Å². The number of likely N-dealkylation sites (tertiary alicyclic amines) is 1. The lowest BCUT2D eigenvalue weighted by molar-refractivity contribution is 0.147. The van der Waals surface area contributed by atoms with E-state index >= 15 is 0 Å². The third-order valence-electron chi connectivity index (χ3n) is 6.58. The summed E-state index contributed by atoms with van der Waals surface area (Å²) in [6.45, 7) is 20.7. The number of rotatable bonds is 8. The van der Waals surface area contributed by atoms with Crippen molar-refractivity contribution in [1.29, 1.82) is 0 Å². The Labute approximate surface area is 231 Å². The number of hydrogen-bond donors (Lipinski definition) is 0. The lowest BCUT2D eigenvalue weighted by Crippen LogP contribution is -2.39. The molecule has 3 rings (SSSR count). The van der Waals surface area contributed by atoms with Crippen LogP contribution in [-0.4, -0.2) is 22.0 Å². The molecule has 4 unspecified atom stereocenters. The van der Waals surface area contributed by atoms with Gasteiger partial charge in [0.2, 0.25) is 0 Å². The van der Waals surface area contributed by atoms with Gasteiger partial charge >= 0.3 is 0 Å². The van der Waals surface area contributed by atoms with Crippen molar-refractivity contribution < 1.29 is 0 Å². The second-order valence-electron chi connectivity index (χ2n) is 8.80. The molecule has 0 bridgehead atoms. The summed E-state index contributed by atoms with van der Waals surface area (Å²) < 4.78 is 0. The molecule has 1 aliphatic heterocycles. The highest BCUT2D eigenvalue weighted by atomic mass is 35.5. The molecule has 1 aromatic heterocycles. The van der Waals surface area contributed by atoms with E-state index in [9.17, 15) is 0 Å². The van der Waals surface area contributed by atoms with Crippen LogP contribution in [0, 0.1) is 6.92 Å². The van der Waals surface area contributed by atoms with E-state index in [1.807, 2.05) is 65.1 Å². The highest BCUT2D eigenvalue weighted by Crippen LogP contribution is 2.44. The summed E-state index contributed by atoms with van der Waals surface area (Å²) >= 11 is 13.5. The highest BCUT2D eigenvalue weighted by molar-refractivity contribution is 6.32. The minimum Gasteiger partial charge on any atom is -0.287 e. The lowest BCUT2D eigenvalue weighted by Gasteiger charge is -2.39. The van der Waals surface area contributed by atoms with Gasteiger partial charge in [-0.25, -0.2) is 0 Å². The Balaban J connectivity index is 0.00000154. The monoisotopic (exact) mass is 528 g/mol. The number of allylic oxidation sites excluding steroid dienone is 3. The zero-order chi connectivity index (χ0) is 27.3. The lowest BCUT2D eigenvalue weighted by atomic mass is 9.90.